The van der Waals surface area contributed by atoms with Gasteiger partial charge in [-0.2, -0.15) is 0 Å². The number of carbonyl (C=O) groups excluding carboxylic acids is 1. The Labute approximate surface area is 124 Å². The molecular weight excluding hydrogens is 331 g/mol. The summed E-state index contributed by atoms with van der Waals surface area (Å²) in [7, 11) is 0. The average Bonchev–Trinajstić information content (AvgIpc) is 2.38. The molecule has 0 fully saturated rings. The molecule has 3 N–H and O–H groups in total. The van der Waals surface area contributed by atoms with Crippen LogP contribution in [0.25, 0.3) is 0 Å². The summed E-state index contributed by atoms with van der Waals surface area (Å²) in [6.45, 7) is 1.93. The van der Waals surface area contributed by atoms with Crippen LogP contribution in [0, 0.1) is 5.82 Å². The van der Waals surface area contributed by atoms with Crippen LogP contribution in [0.15, 0.2) is 22.7 Å². The minimum atomic E-state index is -1.11. The zero-order valence-corrected chi connectivity index (χ0v) is 12.5. The molecule has 110 valence electrons. The third-order valence-electron chi connectivity index (χ3n) is 2.65. The average molecular weight is 347 g/mol. The summed E-state index contributed by atoms with van der Waals surface area (Å²) < 4.78 is 13.9. The zero-order valence-electron chi connectivity index (χ0n) is 11.0. The van der Waals surface area contributed by atoms with Gasteiger partial charge in [-0.3, -0.25) is 0 Å². The first kappa shape index (κ1) is 16.4. The summed E-state index contributed by atoms with van der Waals surface area (Å²) in [5.74, 6) is -1.71. The molecule has 0 spiro atoms. The summed E-state index contributed by atoms with van der Waals surface area (Å²) in [5, 5.41) is 13.6. The molecule has 1 aromatic rings. The predicted octanol–water partition coefficient (Wildman–Crippen LogP) is 3.35. The van der Waals surface area contributed by atoms with Crippen molar-refractivity contribution in [3.8, 4) is 0 Å². The minimum Gasteiger partial charge on any atom is -0.480 e. The van der Waals surface area contributed by atoms with Gasteiger partial charge in [0.1, 0.15) is 11.9 Å². The number of unbranched alkanes of at least 4 members (excludes halogenated alkanes) is 1. The largest absolute Gasteiger partial charge is 0.480 e. The van der Waals surface area contributed by atoms with Crippen LogP contribution in [0.4, 0.5) is 14.9 Å². The Morgan fingerprint density at radius 2 is 2.15 bits per heavy atom. The Bertz CT molecular complexity index is 476. The van der Waals surface area contributed by atoms with Gasteiger partial charge in [-0.05, 0) is 34.5 Å². The van der Waals surface area contributed by atoms with Gasteiger partial charge in [0.15, 0.2) is 0 Å². The highest BCUT2D eigenvalue weighted by molar-refractivity contribution is 9.10. The van der Waals surface area contributed by atoms with Crippen molar-refractivity contribution in [1.82, 2.24) is 5.32 Å². The Morgan fingerprint density at radius 1 is 1.45 bits per heavy atom. The number of anilines is 1. The molecule has 1 aromatic carbocycles. The second-order valence-electron chi connectivity index (χ2n) is 4.23. The molecule has 0 aromatic heterocycles. The molecule has 20 heavy (non-hydrogen) atoms. The van der Waals surface area contributed by atoms with Crippen LogP contribution < -0.4 is 10.6 Å². The molecule has 0 bridgehead atoms. The Morgan fingerprint density at radius 3 is 2.70 bits per heavy atom. The number of aliphatic carboxylic acids is 1. The second-order valence-corrected chi connectivity index (χ2v) is 5.08. The summed E-state index contributed by atoms with van der Waals surface area (Å²) in [6.07, 6.45) is 1.84. The van der Waals surface area contributed by atoms with E-state index in [-0.39, 0.29) is 5.69 Å². The van der Waals surface area contributed by atoms with Crippen LogP contribution in [0.5, 0.6) is 0 Å². The Balaban J connectivity index is 2.68. The lowest BCUT2D eigenvalue weighted by Crippen LogP contribution is -2.43. The van der Waals surface area contributed by atoms with Crippen LogP contribution in [0.2, 0.25) is 0 Å². The van der Waals surface area contributed by atoms with Gasteiger partial charge in [-0.1, -0.05) is 25.8 Å². The summed E-state index contributed by atoms with van der Waals surface area (Å²) in [5.41, 5.74) is -0.0235. The van der Waals surface area contributed by atoms with Gasteiger partial charge < -0.3 is 15.7 Å². The van der Waals surface area contributed by atoms with Gasteiger partial charge in [0.05, 0.1) is 5.69 Å². The Hall–Kier alpha value is -1.63. The van der Waals surface area contributed by atoms with Crippen molar-refractivity contribution in [3.05, 3.63) is 28.5 Å². The molecule has 5 nitrogen and oxygen atoms in total. The summed E-state index contributed by atoms with van der Waals surface area (Å²) >= 11 is 3.11. The third kappa shape index (κ3) is 4.80. The number of benzene rings is 1. The lowest BCUT2D eigenvalue weighted by molar-refractivity contribution is -0.139. The van der Waals surface area contributed by atoms with Crippen LogP contribution in [-0.2, 0) is 4.79 Å². The normalized spacial score (nSPS) is 11.8. The number of nitrogens with one attached hydrogen (secondary N) is 2. The standard InChI is InChI=1S/C13H16BrFN2O3/c1-2-3-7-10(12(18)19)16-13(20)17-11-8(14)5-4-6-9(11)15/h4-6,10H,2-3,7H2,1H3,(H,18,19)(H2,16,17,20). The number of rotatable bonds is 6. The van der Waals surface area contributed by atoms with E-state index in [0.29, 0.717) is 17.3 Å². The topological polar surface area (TPSA) is 78.4 Å². The maximum Gasteiger partial charge on any atom is 0.326 e. The number of carboxylic acids is 1. The molecule has 0 heterocycles. The summed E-state index contributed by atoms with van der Waals surface area (Å²) in [4.78, 5) is 22.7. The monoisotopic (exact) mass is 346 g/mol. The fraction of sp³-hybridized carbons (Fsp3) is 0.385. The van der Waals surface area contributed by atoms with E-state index in [2.05, 4.69) is 26.6 Å². The number of para-hydroxylation sites is 1. The quantitative estimate of drug-likeness (QED) is 0.738. The Kier molecular flexibility index (Phi) is 6.44. The molecule has 7 heteroatoms. The number of hydrogen-bond acceptors (Lipinski definition) is 2. The highest BCUT2D eigenvalue weighted by atomic mass is 79.9. The van der Waals surface area contributed by atoms with Crippen LogP contribution in [0.1, 0.15) is 26.2 Å². The zero-order chi connectivity index (χ0) is 15.1. The van der Waals surface area contributed by atoms with Crippen molar-refractivity contribution in [1.29, 1.82) is 0 Å². The predicted molar refractivity (Wildman–Crippen MR) is 77.2 cm³/mol. The summed E-state index contributed by atoms with van der Waals surface area (Å²) in [6, 6.07) is 2.53. The van der Waals surface area contributed by atoms with Crippen molar-refractivity contribution in [2.24, 2.45) is 0 Å². The molecule has 1 rings (SSSR count). The van der Waals surface area contributed by atoms with E-state index in [1.54, 1.807) is 6.07 Å². The minimum absolute atomic E-state index is 0.0235. The van der Waals surface area contributed by atoms with E-state index in [1.807, 2.05) is 6.92 Å². The van der Waals surface area contributed by atoms with E-state index in [9.17, 15) is 14.0 Å². The number of hydrogen-bond donors (Lipinski definition) is 3. The van der Waals surface area contributed by atoms with Gasteiger partial charge in [-0.25, -0.2) is 14.0 Å². The molecular formula is C13H16BrFN2O3. The molecule has 0 aliphatic heterocycles. The third-order valence-corrected chi connectivity index (χ3v) is 3.31. The van der Waals surface area contributed by atoms with Crippen LogP contribution in [0.3, 0.4) is 0 Å². The molecule has 0 saturated carbocycles. The van der Waals surface area contributed by atoms with E-state index >= 15 is 0 Å². The van der Waals surface area contributed by atoms with Crippen molar-refractivity contribution in [2.75, 3.05) is 5.32 Å². The first-order valence-electron chi connectivity index (χ1n) is 6.20. The lowest BCUT2D eigenvalue weighted by atomic mass is 10.1. The molecule has 2 amide bonds. The maximum absolute atomic E-state index is 13.5. The maximum atomic E-state index is 13.5. The van der Waals surface area contributed by atoms with Crippen molar-refractivity contribution in [2.45, 2.75) is 32.2 Å². The molecule has 0 aliphatic rings. The van der Waals surface area contributed by atoms with Crippen molar-refractivity contribution in [3.63, 3.8) is 0 Å². The first-order valence-corrected chi connectivity index (χ1v) is 6.99. The molecule has 0 aliphatic carbocycles. The fourth-order valence-electron chi connectivity index (χ4n) is 1.59. The SMILES string of the molecule is CCCCC(NC(=O)Nc1c(F)cccc1Br)C(=O)O. The number of urea groups is 1. The number of carboxylic acid groups (broad SMARTS) is 1. The fourth-order valence-corrected chi connectivity index (χ4v) is 2.03. The number of halogens is 2. The van der Waals surface area contributed by atoms with E-state index < -0.39 is 23.9 Å². The van der Waals surface area contributed by atoms with E-state index in [1.165, 1.54) is 12.1 Å². The highest BCUT2D eigenvalue weighted by Gasteiger charge is 2.20. The molecule has 1 unspecified atom stereocenters. The van der Waals surface area contributed by atoms with Gasteiger partial charge in [-0.15, -0.1) is 0 Å². The number of amides is 2. The number of carbonyl (C=O) groups is 2. The van der Waals surface area contributed by atoms with E-state index in [4.69, 9.17) is 5.11 Å². The van der Waals surface area contributed by atoms with Gasteiger partial charge in [0, 0.05) is 4.47 Å². The van der Waals surface area contributed by atoms with E-state index in [0.717, 1.165) is 6.42 Å². The smallest absolute Gasteiger partial charge is 0.326 e. The first-order chi connectivity index (χ1) is 9.45. The van der Waals surface area contributed by atoms with Crippen LogP contribution >= 0.6 is 15.9 Å². The van der Waals surface area contributed by atoms with Crippen molar-refractivity contribution >= 4 is 33.6 Å². The van der Waals surface area contributed by atoms with Gasteiger partial charge in [0.2, 0.25) is 0 Å². The van der Waals surface area contributed by atoms with Crippen molar-refractivity contribution < 1.29 is 19.1 Å². The second kappa shape index (κ2) is 7.84. The van der Waals surface area contributed by atoms with Gasteiger partial charge in [0.25, 0.3) is 0 Å². The molecule has 0 saturated heterocycles. The molecule has 1 atom stereocenters. The molecule has 0 radical (unpaired) electrons. The van der Waals surface area contributed by atoms with Gasteiger partial charge >= 0.3 is 12.0 Å². The lowest BCUT2D eigenvalue weighted by Gasteiger charge is -2.15. The highest BCUT2D eigenvalue weighted by Crippen LogP contribution is 2.24. The van der Waals surface area contributed by atoms with Crippen LogP contribution in [-0.4, -0.2) is 23.1 Å².